The highest BCUT2D eigenvalue weighted by molar-refractivity contribution is 7.92. The van der Waals surface area contributed by atoms with Crippen LogP contribution in [0.1, 0.15) is 61.4 Å². The van der Waals surface area contributed by atoms with E-state index in [1.807, 2.05) is 19.1 Å². The smallest absolute Gasteiger partial charge is 0.258 e. The molecule has 0 radical (unpaired) electrons. The van der Waals surface area contributed by atoms with Crippen molar-refractivity contribution in [3.63, 3.8) is 0 Å². The molecule has 0 unspecified atom stereocenters. The van der Waals surface area contributed by atoms with Crippen LogP contribution in [0.5, 0.6) is 0 Å². The second kappa shape index (κ2) is 8.28. The van der Waals surface area contributed by atoms with Crippen LogP contribution >= 0.6 is 0 Å². The number of nitrogens with one attached hydrogen (secondary N) is 1. The Bertz CT molecular complexity index is 1480. The summed E-state index contributed by atoms with van der Waals surface area (Å²) in [4.78, 5) is 15.8. The van der Waals surface area contributed by atoms with Gasteiger partial charge in [-0.3, -0.25) is 9.52 Å². The highest BCUT2D eigenvalue weighted by atomic mass is 32.2. The van der Waals surface area contributed by atoms with Crippen LogP contribution in [0, 0.1) is 11.3 Å². The van der Waals surface area contributed by atoms with Crippen LogP contribution in [0.2, 0.25) is 0 Å². The molecule has 10 heteroatoms. The summed E-state index contributed by atoms with van der Waals surface area (Å²) in [7, 11) is -7.07. The number of rotatable bonds is 5. The predicted octanol–water partition coefficient (Wildman–Crippen LogP) is 3.95. The second-order valence-corrected chi connectivity index (χ2v) is 15.4. The minimum Gasteiger partial charge on any atom is -0.307 e. The number of carbonyl (C=O) groups is 1. The van der Waals surface area contributed by atoms with Gasteiger partial charge < -0.3 is 4.90 Å². The van der Waals surface area contributed by atoms with Gasteiger partial charge in [0, 0.05) is 42.0 Å². The SMILES string of the molecule is CC1CN(S(=O)(=O)c2cccc(C(=O)N3CC4(CCC5(CC5)CC4)c4cc(NS(C)(=O)=O)ccc43)c2)C1. The number of carbonyl (C=O) groups excluding carboxylic acids is 1. The van der Waals surface area contributed by atoms with Gasteiger partial charge in [-0.15, -0.1) is 0 Å². The molecule has 2 aliphatic heterocycles. The van der Waals surface area contributed by atoms with E-state index in [2.05, 4.69) is 4.72 Å². The second-order valence-electron chi connectivity index (χ2n) is 11.7. The zero-order valence-corrected chi connectivity index (χ0v) is 22.9. The van der Waals surface area contributed by atoms with Crippen LogP contribution in [-0.2, 0) is 25.5 Å². The third-order valence-corrected chi connectivity index (χ3v) is 11.3. The summed E-state index contributed by atoms with van der Waals surface area (Å²) in [6.07, 6.45) is 7.80. The van der Waals surface area contributed by atoms with E-state index in [1.165, 1.54) is 23.2 Å². The van der Waals surface area contributed by atoms with E-state index in [1.54, 1.807) is 29.2 Å². The molecular weight excluding hydrogens is 510 g/mol. The fourth-order valence-electron chi connectivity index (χ4n) is 6.42. The summed E-state index contributed by atoms with van der Waals surface area (Å²) >= 11 is 0. The molecule has 3 fully saturated rings. The average molecular weight is 544 g/mol. The van der Waals surface area contributed by atoms with E-state index >= 15 is 0 Å². The maximum Gasteiger partial charge on any atom is 0.258 e. The maximum atomic E-state index is 13.9. The van der Waals surface area contributed by atoms with Crippen LogP contribution in [0.3, 0.4) is 0 Å². The number of fused-ring (bicyclic) bond motifs is 2. The average Bonchev–Trinajstić information content (AvgIpc) is 3.53. The number of sulfonamides is 2. The van der Waals surface area contributed by atoms with Gasteiger partial charge in [0.15, 0.2) is 0 Å². The fraction of sp³-hybridized carbons (Fsp3) is 0.519. The molecule has 6 rings (SSSR count). The molecule has 1 saturated heterocycles. The fourth-order valence-corrected chi connectivity index (χ4v) is 8.70. The Morgan fingerprint density at radius 1 is 0.946 bits per heavy atom. The molecule has 1 N–H and O–H groups in total. The molecule has 2 aromatic carbocycles. The van der Waals surface area contributed by atoms with Crippen molar-refractivity contribution >= 4 is 37.3 Å². The third-order valence-electron chi connectivity index (χ3n) is 8.84. The standard InChI is InChI=1S/C27H33N3O5S2/c1-19-16-29(17-19)37(34,35)22-5-3-4-20(14-22)25(31)30-18-27(12-10-26(8-9-26)11-13-27)23-15-21(6-7-24(23)30)28-36(2,32)33/h3-7,14-15,19,28H,8-13,16-18H2,1-2H3. The summed E-state index contributed by atoms with van der Waals surface area (Å²) < 4.78 is 53.9. The van der Waals surface area contributed by atoms with Crippen molar-refractivity contribution in [1.82, 2.24) is 4.31 Å². The van der Waals surface area contributed by atoms with E-state index in [-0.39, 0.29) is 16.2 Å². The first-order valence-corrected chi connectivity index (χ1v) is 16.3. The first kappa shape index (κ1) is 24.9. The molecule has 0 aromatic heterocycles. The quantitative estimate of drug-likeness (QED) is 0.615. The Balaban J connectivity index is 1.34. The minimum absolute atomic E-state index is 0.139. The van der Waals surface area contributed by atoms with Crippen molar-refractivity contribution in [1.29, 1.82) is 0 Å². The molecule has 2 aliphatic carbocycles. The van der Waals surface area contributed by atoms with Gasteiger partial charge in [0.2, 0.25) is 20.0 Å². The summed E-state index contributed by atoms with van der Waals surface area (Å²) in [6.45, 7) is 3.52. The van der Waals surface area contributed by atoms with E-state index in [0.29, 0.717) is 42.2 Å². The summed E-state index contributed by atoms with van der Waals surface area (Å²) in [5.74, 6) is 0.104. The first-order valence-electron chi connectivity index (χ1n) is 12.9. The number of hydrogen-bond acceptors (Lipinski definition) is 5. The van der Waals surface area contributed by atoms with Gasteiger partial charge >= 0.3 is 0 Å². The normalized spacial score (nSPS) is 22.6. The Morgan fingerprint density at radius 3 is 2.24 bits per heavy atom. The van der Waals surface area contributed by atoms with Crippen LogP contribution in [-0.4, -0.2) is 52.9 Å². The molecule has 0 atom stereocenters. The Hall–Kier alpha value is -2.43. The lowest BCUT2D eigenvalue weighted by molar-refractivity contribution is 0.0980. The highest BCUT2D eigenvalue weighted by Gasteiger charge is 2.53. The minimum atomic E-state index is -3.63. The number of nitrogens with zero attached hydrogens (tertiary/aromatic N) is 2. The van der Waals surface area contributed by atoms with Gasteiger partial charge in [-0.25, -0.2) is 16.8 Å². The van der Waals surface area contributed by atoms with Gasteiger partial charge in [0.05, 0.1) is 11.2 Å². The van der Waals surface area contributed by atoms with Gasteiger partial charge in [-0.1, -0.05) is 13.0 Å². The molecule has 2 aromatic rings. The van der Waals surface area contributed by atoms with E-state index in [9.17, 15) is 21.6 Å². The maximum absolute atomic E-state index is 13.9. The van der Waals surface area contributed by atoms with Crippen molar-refractivity contribution < 1.29 is 21.6 Å². The van der Waals surface area contributed by atoms with Crippen LogP contribution in [0.15, 0.2) is 47.4 Å². The Morgan fingerprint density at radius 2 is 1.62 bits per heavy atom. The lowest BCUT2D eigenvalue weighted by atomic mass is 9.66. The molecule has 2 heterocycles. The number of amides is 1. The monoisotopic (exact) mass is 543 g/mol. The van der Waals surface area contributed by atoms with Crippen LogP contribution < -0.4 is 9.62 Å². The summed E-state index contributed by atoms with van der Waals surface area (Å²) in [6, 6.07) is 11.7. The molecule has 8 nitrogen and oxygen atoms in total. The van der Waals surface area contributed by atoms with Crippen molar-refractivity contribution in [3.8, 4) is 0 Å². The zero-order valence-electron chi connectivity index (χ0n) is 21.2. The molecule has 198 valence electrons. The Kier molecular flexibility index (Phi) is 5.57. The largest absolute Gasteiger partial charge is 0.307 e. The van der Waals surface area contributed by atoms with Crippen molar-refractivity contribution in [2.75, 3.05) is 35.5 Å². The molecule has 37 heavy (non-hydrogen) atoms. The van der Waals surface area contributed by atoms with E-state index in [4.69, 9.17) is 0 Å². The molecular formula is C27H33N3O5S2. The summed E-state index contributed by atoms with van der Waals surface area (Å²) in [5, 5.41) is 0. The lowest BCUT2D eigenvalue weighted by Crippen LogP contribution is -2.48. The van der Waals surface area contributed by atoms with Crippen molar-refractivity contribution in [2.45, 2.75) is 55.8 Å². The molecule has 1 amide bonds. The van der Waals surface area contributed by atoms with Gasteiger partial charge in [-0.2, -0.15) is 4.31 Å². The lowest BCUT2D eigenvalue weighted by Gasteiger charge is -2.38. The molecule has 0 bridgehead atoms. The van der Waals surface area contributed by atoms with Crippen molar-refractivity contribution in [3.05, 3.63) is 53.6 Å². The predicted molar refractivity (Wildman–Crippen MR) is 143 cm³/mol. The van der Waals surface area contributed by atoms with Crippen LogP contribution in [0.25, 0.3) is 0 Å². The van der Waals surface area contributed by atoms with Crippen LogP contribution in [0.4, 0.5) is 11.4 Å². The van der Waals surface area contributed by atoms with Crippen molar-refractivity contribution in [2.24, 2.45) is 11.3 Å². The molecule has 2 spiro atoms. The van der Waals surface area contributed by atoms with E-state index < -0.39 is 20.0 Å². The number of benzene rings is 2. The first-order chi connectivity index (χ1) is 17.4. The highest BCUT2D eigenvalue weighted by Crippen LogP contribution is 2.62. The third kappa shape index (κ3) is 4.36. The Labute approximate surface area is 219 Å². The number of hydrogen-bond donors (Lipinski definition) is 1. The topological polar surface area (TPSA) is 104 Å². The van der Waals surface area contributed by atoms with Gasteiger partial charge in [0.1, 0.15) is 0 Å². The molecule has 2 saturated carbocycles. The summed E-state index contributed by atoms with van der Waals surface area (Å²) in [5.41, 5.74) is 2.85. The van der Waals surface area contributed by atoms with Gasteiger partial charge in [0.25, 0.3) is 5.91 Å². The number of anilines is 2. The van der Waals surface area contributed by atoms with E-state index in [0.717, 1.165) is 43.2 Å². The molecule has 4 aliphatic rings. The van der Waals surface area contributed by atoms with Gasteiger partial charge in [-0.05, 0) is 91.8 Å². The zero-order chi connectivity index (χ0) is 26.2.